The van der Waals surface area contributed by atoms with E-state index in [1.165, 1.54) is 29.1 Å². The number of pyridine rings is 1. The first-order valence-corrected chi connectivity index (χ1v) is 12.5. The molecule has 14 heteroatoms. The Morgan fingerprint density at radius 2 is 1.92 bits per heavy atom. The lowest BCUT2D eigenvalue weighted by atomic mass is 9.76. The highest BCUT2D eigenvalue weighted by Gasteiger charge is 2.46. The molecule has 0 amide bonds. The Bertz CT molecular complexity index is 1370. The molecule has 5 heterocycles. The second kappa shape index (κ2) is 9.98. The molecule has 1 spiro atoms. The van der Waals surface area contributed by atoms with E-state index < -0.39 is 24.3 Å². The number of alkyl halides is 3. The Kier molecular flexibility index (Phi) is 6.83. The first-order valence-electron chi connectivity index (χ1n) is 12.5. The van der Waals surface area contributed by atoms with Crippen LogP contribution in [-0.4, -0.2) is 67.7 Å². The molecule has 3 aromatic rings. The molecule has 0 aromatic carbocycles. The van der Waals surface area contributed by atoms with Crippen LogP contribution in [0.3, 0.4) is 0 Å². The highest BCUT2D eigenvalue weighted by atomic mass is 19.4. The average Bonchev–Trinajstić information content (AvgIpc) is 3.49. The van der Waals surface area contributed by atoms with E-state index in [4.69, 9.17) is 10.5 Å². The number of rotatable bonds is 6. The first kappa shape index (κ1) is 26.7. The Hall–Kier alpha value is -3.94. The molecule has 39 heavy (non-hydrogen) atoms. The van der Waals surface area contributed by atoms with Crippen molar-refractivity contribution in [3.05, 3.63) is 47.4 Å². The SMILES string of the molecule is Cc1ccc(C(Oc2cc(N3CCC4(CC3)CN[C@H](C(=O)O)C4)nc(N)n2)C(F)(F)F)c(-n2ccc(C)n2)n1. The number of piperidine rings is 1. The highest BCUT2D eigenvalue weighted by molar-refractivity contribution is 5.74. The summed E-state index contributed by atoms with van der Waals surface area (Å²) in [6.07, 6.45) is -3.72. The molecule has 2 aliphatic heterocycles. The second-order valence-corrected chi connectivity index (χ2v) is 10.2. The molecule has 2 fully saturated rings. The van der Waals surface area contributed by atoms with Gasteiger partial charge in [-0.15, -0.1) is 0 Å². The number of halogens is 3. The quantitative estimate of drug-likeness (QED) is 0.422. The highest BCUT2D eigenvalue weighted by Crippen LogP contribution is 2.42. The molecule has 3 aromatic heterocycles. The first-order chi connectivity index (χ1) is 18.4. The number of hydrogen-bond acceptors (Lipinski definition) is 9. The van der Waals surface area contributed by atoms with Gasteiger partial charge < -0.3 is 25.8 Å². The maximum absolute atomic E-state index is 14.4. The van der Waals surface area contributed by atoms with E-state index >= 15 is 0 Å². The normalized spacial score (nSPS) is 19.8. The lowest BCUT2D eigenvalue weighted by molar-refractivity contribution is -0.198. The van der Waals surface area contributed by atoms with Crippen molar-refractivity contribution in [3.8, 4) is 11.7 Å². The number of hydrogen-bond donors (Lipinski definition) is 3. The van der Waals surface area contributed by atoms with Crippen LogP contribution < -0.4 is 20.7 Å². The van der Waals surface area contributed by atoms with Crippen molar-refractivity contribution in [2.24, 2.45) is 5.41 Å². The van der Waals surface area contributed by atoms with Crippen LogP contribution >= 0.6 is 0 Å². The fourth-order valence-corrected chi connectivity index (χ4v) is 5.24. The van der Waals surface area contributed by atoms with Crippen molar-refractivity contribution in [2.75, 3.05) is 30.3 Å². The number of carboxylic acid groups (broad SMARTS) is 1. The number of carboxylic acids is 1. The van der Waals surface area contributed by atoms with Gasteiger partial charge in [0.2, 0.25) is 17.9 Å². The van der Waals surface area contributed by atoms with Crippen LogP contribution in [0.25, 0.3) is 5.82 Å². The molecule has 2 aliphatic rings. The summed E-state index contributed by atoms with van der Waals surface area (Å²) in [5.74, 6) is -1.06. The van der Waals surface area contributed by atoms with Crippen LogP contribution in [0.15, 0.2) is 30.5 Å². The number of nitrogen functional groups attached to an aromatic ring is 1. The van der Waals surface area contributed by atoms with Gasteiger partial charge in [-0.1, -0.05) is 0 Å². The summed E-state index contributed by atoms with van der Waals surface area (Å²) in [5.41, 5.74) is 6.66. The number of aromatic nitrogens is 5. The van der Waals surface area contributed by atoms with Crippen molar-refractivity contribution >= 4 is 17.7 Å². The minimum absolute atomic E-state index is 0.00107. The van der Waals surface area contributed by atoms with Crippen LogP contribution in [0.5, 0.6) is 5.88 Å². The lowest BCUT2D eigenvalue weighted by Gasteiger charge is -2.39. The molecule has 5 rings (SSSR count). The second-order valence-electron chi connectivity index (χ2n) is 10.2. The largest absolute Gasteiger partial charge is 0.480 e. The predicted molar refractivity (Wildman–Crippen MR) is 135 cm³/mol. The summed E-state index contributed by atoms with van der Waals surface area (Å²) >= 11 is 0. The number of aryl methyl sites for hydroxylation is 2. The summed E-state index contributed by atoms with van der Waals surface area (Å²) in [6.45, 7) is 5.09. The number of nitrogens with zero attached hydrogens (tertiary/aromatic N) is 6. The van der Waals surface area contributed by atoms with Gasteiger partial charge in [0, 0.05) is 43.2 Å². The number of aliphatic carboxylic acids is 1. The predicted octanol–water partition coefficient (Wildman–Crippen LogP) is 2.97. The van der Waals surface area contributed by atoms with E-state index in [2.05, 4.69) is 25.4 Å². The number of anilines is 2. The summed E-state index contributed by atoms with van der Waals surface area (Å²) in [6, 6.07) is 5.24. The minimum Gasteiger partial charge on any atom is -0.480 e. The van der Waals surface area contributed by atoms with Crippen molar-refractivity contribution in [3.63, 3.8) is 0 Å². The van der Waals surface area contributed by atoms with Gasteiger partial charge in [-0.05, 0) is 56.7 Å². The zero-order valence-electron chi connectivity index (χ0n) is 21.4. The van der Waals surface area contributed by atoms with Gasteiger partial charge in [0.1, 0.15) is 11.9 Å². The fraction of sp³-hybridized carbons (Fsp3) is 0.480. The molecule has 2 saturated heterocycles. The summed E-state index contributed by atoms with van der Waals surface area (Å²) in [4.78, 5) is 25.7. The molecular weight excluding hydrogens is 517 g/mol. The molecule has 1 unspecified atom stereocenters. The lowest BCUT2D eigenvalue weighted by Crippen LogP contribution is -2.41. The van der Waals surface area contributed by atoms with Gasteiger partial charge in [-0.2, -0.15) is 28.2 Å². The zero-order valence-corrected chi connectivity index (χ0v) is 21.4. The molecule has 4 N–H and O–H groups in total. The Balaban J connectivity index is 1.40. The van der Waals surface area contributed by atoms with Crippen LogP contribution in [0.1, 0.15) is 42.3 Å². The van der Waals surface area contributed by atoms with Crippen molar-refractivity contribution < 1.29 is 27.8 Å². The van der Waals surface area contributed by atoms with E-state index in [0.717, 1.165) is 0 Å². The van der Waals surface area contributed by atoms with Crippen LogP contribution in [-0.2, 0) is 4.79 Å². The molecule has 0 bridgehead atoms. The van der Waals surface area contributed by atoms with Gasteiger partial charge >= 0.3 is 12.1 Å². The van der Waals surface area contributed by atoms with Crippen LogP contribution in [0.4, 0.5) is 24.9 Å². The number of ether oxygens (including phenoxy) is 1. The maximum Gasteiger partial charge on any atom is 0.429 e. The average molecular weight is 547 g/mol. The Labute approximate surface area is 222 Å². The van der Waals surface area contributed by atoms with Crippen molar-refractivity contribution in [1.82, 2.24) is 30.0 Å². The molecule has 0 radical (unpaired) electrons. The summed E-state index contributed by atoms with van der Waals surface area (Å²) in [5, 5.41) is 16.6. The zero-order chi connectivity index (χ0) is 27.9. The third kappa shape index (κ3) is 5.60. The van der Waals surface area contributed by atoms with E-state index in [0.29, 0.717) is 56.1 Å². The van der Waals surface area contributed by atoms with Crippen molar-refractivity contribution in [1.29, 1.82) is 0 Å². The molecular formula is C25H29F3N8O3. The standard InChI is InChI=1S/C25H29F3N8O3/c1-14-3-4-16(21(31-14)36-8-5-15(2)34-36)20(25(26,27)28)39-19-11-18(32-23(29)33-19)35-9-6-24(7-10-35)12-17(22(37)38)30-13-24/h3-5,8,11,17,20,30H,6-7,9-10,12-13H2,1-2H3,(H,37,38)(H2,29,32,33)/t17-,20?/m0/s1. The van der Waals surface area contributed by atoms with Crippen LogP contribution in [0, 0.1) is 19.3 Å². The monoisotopic (exact) mass is 546 g/mol. The van der Waals surface area contributed by atoms with Gasteiger partial charge in [-0.25, -0.2) is 9.67 Å². The molecule has 11 nitrogen and oxygen atoms in total. The third-order valence-corrected chi connectivity index (χ3v) is 7.32. The van der Waals surface area contributed by atoms with E-state index in [9.17, 15) is 23.1 Å². The van der Waals surface area contributed by atoms with Gasteiger partial charge in [0.25, 0.3) is 0 Å². The van der Waals surface area contributed by atoms with Crippen LogP contribution in [0.2, 0.25) is 0 Å². The number of carbonyl (C=O) groups is 1. The van der Waals surface area contributed by atoms with Gasteiger partial charge in [0.15, 0.2) is 5.82 Å². The van der Waals surface area contributed by atoms with E-state index in [-0.39, 0.29) is 28.6 Å². The third-order valence-electron chi connectivity index (χ3n) is 7.32. The molecule has 0 saturated carbocycles. The smallest absolute Gasteiger partial charge is 0.429 e. The Morgan fingerprint density at radius 1 is 1.18 bits per heavy atom. The number of nitrogens with two attached hydrogens (primary N) is 1. The van der Waals surface area contributed by atoms with E-state index in [1.807, 2.05) is 4.90 Å². The van der Waals surface area contributed by atoms with Crippen molar-refractivity contribution in [2.45, 2.75) is 51.4 Å². The van der Waals surface area contributed by atoms with Gasteiger partial charge in [0.05, 0.1) is 5.69 Å². The minimum atomic E-state index is -4.80. The summed E-state index contributed by atoms with van der Waals surface area (Å²) in [7, 11) is 0. The maximum atomic E-state index is 14.4. The van der Waals surface area contributed by atoms with E-state index in [1.54, 1.807) is 19.9 Å². The number of nitrogens with one attached hydrogen (secondary N) is 1. The van der Waals surface area contributed by atoms with Gasteiger partial charge in [-0.3, -0.25) is 4.79 Å². The molecule has 0 aliphatic carbocycles. The summed E-state index contributed by atoms with van der Waals surface area (Å²) < 4.78 is 49.9. The topological polar surface area (TPSA) is 144 Å². The molecule has 208 valence electrons. The molecule has 2 atom stereocenters. The fourth-order valence-electron chi connectivity index (χ4n) is 5.24. The Morgan fingerprint density at radius 3 is 2.54 bits per heavy atom.